The molecule has 0 atom stereocenters. The molecule has 0 fully saturated rings. The van der Waals surface area contributed by atoms with E-state index in [2.05, 4.69) is 39.0 Å². The van der Waals surface area contributed by atoms with Gasteiger partial charge in [-0.15, -0.1) is 0 Å². The number of fused-ring (bicyclic) bond motifs is 1. The number of nitrogens with zero attached hydrogens (tertiary/aromatic N) is 2. The molecule has 2 aromatic heterocycles. The first-order chi connectivity index (χ1) is 7.34. The quantitative estimate of drug-likeness (QED) is 0.795. The van der Waals surface area contributed by atoms with Gasteiger partial charge in [0.15, 0.2) is 5.82 Å². The number of hydrogen-bond donors (Lipinski definition) is 1. The van der Waals surface area contributed by atoms with Gasteiger partial charge in [-0.1, -0.05) is 0 Å². The van der Waals surface area contributed by atoms with Crippen LogP contribution in [0.2, 0.25) is 0 Å². The Morgan fingerprint density at radius 3 is 3.07 bits per heavy atom. The molecule has 0 saturated heterocycles. The van der Waals surface area contributed by atoms with Crippen molar-refractivity contribution in [3.8, 4) is 11.4 Å². The highest BCUT2D eigenvalue weighted by Gasteiger charge is 2.16. The van der Waals surface area contributed by atoms with Gasteiger partial charge in [0.05, 0.1) is 5.69 Å². The molecule has 15 heavy (non-hydrogen) atoms. The zero-order chi connectivity index (χ0) is 10.3. The Kier molecular flexibility index (Phi) is 2.04. The van der Waals surface area contributed by atoms with Crippen LogP contribution in [0.5, 0.6) is 0 Å². The second-order valence-electron chi connectivity index (χ2n) is 3.67. The van der Waals surface area contributed by atoms with Gasteiger partial charge in [0, 0.05) is 35.3 Å². The molecule has 3 rings (SSSR count). The van der Waals surface area contributed by atoms with E-state index in [0.717, 1.165) is 35.9 Å². The second kappa shape index (κ2) is 3.40. The van der Waals surface area contributed by atoms with Gasteiger partial charge in [0.1, 0.15) is 0 Å². The van der Waals surface area contributed by atoms with Crippen LogP contribution in [-0.4, -0.2) is 9.97 Å². The monoisotopic (exact) mass is 217 g/mol. The maximum absolute atomic E-state index is 4.59. The van der Waals surface area contributed by atoms with Crippen LogP contribution in [0.15, 0.2) is 16.8 Å². The Bertz CT molecular complexity index is 491. The molecule has 0 amide bonds. The standard InChI is InChI=1S/C11H11N3S/c1-7-9-4-12-5-10(9)14-11(13-7)8-2-3-15-6-8/h2-3,6,12H,4-5H2,1H3. The molecule has 0 aromatic carbocycles. The molecule has 3 nitrogen and oxygen atoms in total. The average molecular weight is 217 g/mol. The highest BCUT2D eigenvalue weighted by Crippen LogP contribution is 2.23. The molecule has 3 heterocycles. The van der Waals surface area contributed by atoms with Crippen molar-refractivity contribution >= 4 is 11.3 Å². The molecule has 76 valence electrons. The van der Waals surface area contributed by atoms with Crippen LogP contribution in [0.3, 0.4) is 0 Å². The van der Waals surface area contributed by atoms with Crippen molar-refractivity contribution < 1.29 is 0 Å². The molecule has 2 aromatic rings. The predicted octanol–water partition coefficient (Wildman–Crippen LogP) is 2.12. The van der Waals surface area contributed by atoms with Crippen LogP contribution in [0.4, 0.5) is 0 Å². The van der Waals surface area contributed by atoms with Crippen LogP contribution in [-0.2, 0) is 13.1 Å². The molecule has 0 saturated carbocycles. The molecular weight excluding hydrogens is 206 g/mol. The van der Waals surface area contributed by atoms with E-state index in [0.29, 0.717) is 0 Å². The Morgan fingerprint density at radius 2 is 2.27 bits per heavy atom. The van der Waals surface area contributed by atoms with Crippen molar-refractivity contribution in [3.05, 3.63) is 33.8 Å². The molecule has 1 N–H and O–H groups in total. The summed E-state index contributed by atoms with van der Waals surface area (Å²) in [5.74, 6) is 0.858. The average Bonchev–Trinajstić information content (AvgIpc) is 2.88. The van der Waals surface area contributed by atoms with Gasteiger partial charge in [0.2, 0.25) is 0 Å². The smallest absolute Gasteiger partial charge is 0.160 e. The van der Waals surface area contributed by atoms with Gasteiger partial charge in [-0.25, -0.2) is 9.97 Å². The minimum Gasteiger partial charge on any atom is -0.307 e. The van der Waals surface area contributed by atoms with Crippen molar-refractivity contribution in [3.63, 3.8) is 0 Å². The van der Waals surface area contributed by atoms with Crippen LogP contribution >= 0.6 is 11.3 Å². The van der Waals surface area contributed by atoms with E-state index in [1.807, 2.05) is 0 Å². The summed E-state index contributed by atoms with van der Waals surface area (Å²) in [4.78, 5) is 9.13. The Hall–Kier alpha value is -1.26. The van der Waals surface area contributed by atoms with E-state index in [1.165, 1.54) is 5.56 Å². The Labute approximate surface area is 92.2 Å². The first kappa shape index (κ1) is 9.00. The fourth-order valence-corrected chi connectivity index (χ4v) is 2.49. The van der Waals surface area contributed by atoms with E-state index in [-0.39, 0.29) is 0 Å². The van der Waals surface area contributed by atoms with E-state index >= 15 is 0 Å². The van der Waals surface area contributed by atoms with E-state index in [9.17, 15) is 0 Å². The fourth-order valence-electron chi connectivity index (χ4n) is 1.86. The van der Waals surface area contributed by atoms with Gasteiger partial charge in [-0.3, -0.25) is 0 Å². The van der Waals surface area contributed by atoms with Crippen molar-refractivity contribution in [1.29, 1.82) is 0 Å². The summed E-state index contributed by atoms with van der Waals surface area (Å²) in [5.41, 5.74) is 4.65. The lowest BCUT2D eigenvalue weighted by atomic mass is 10.2. The van der Waals surface area contributed by atoms with E-state index in [4.69, 9.17) is 0 Å². The van der Waals surface area contributed by atoms with Gasteiger partial charge < -0.3 is 5.32 Å². The number of hydrogen-bond acceptors (Lipinski definition) is 4. The second-order valence-corrected chi connectivity index (χ2v) is 4.45. The van der Waals surface area contributed by atoms with Gasteiger partial charge >= 0.3 is 0 Å². The zero-order valence-corrected chi connectivity index (χ0v) is 9.27. The predicted molar refractivity (Wildman–Crippen MR) is 60.6 cm³/mol. The van der Waals surface area contributed by atoms with Crippen molar-refractivity contribution in [2.24, 2.45) is 0 Å². The molecule has 0 bridgehead atoms. The van der Waals surface area contributed by atoms with Crippen molar-refractivity contribution in [2.45, 2.75) is 20.0 Å². The summed E-state index contributed by atoms with van der Waals surface area (Å²) in [7, 11) is 0. The highest BCUT2D eigenvalue weighted by molar-refractivity contribution is 7.08. The number of rotatable bonds is 1. The van der Waals surface area contributed by atoms with E-state index in [1.54, 1.807) is 11.3 Å². The maximum Gasteiger partial charge on any atom is 0.160 e. The van der Waals surface area contributed by atoms with Crippen molar-refractivity contribution in [2.75, 3.05) is 0 Å². The Morgan fingerprint density at radius 1 is 1.33 bits per heavy atom. The van der Waals surface area contributed by atoms with Crippen LogP contribution in [0.25, 0.3) is 11.4 Å². The molecular formula is C11H11N3S. The number of thiophene rings is 1. The lowest BCUT2D eigenvalue weighted by molar-refractivity contribution is 0.757. The van der Waals surface area contributed by atoms with Crippen LogP contribution in [0.1, 0.15) is 17.0 Å². The summed E-state index contributed by atoms with van der Waals surface area (Å²) in [6, 6.07) is 2.06. The summed E-state index contributed by atoms with van der Waals surface area (Å²) in [5, 5.41) is 7.44. The maximum atomic E-state index is 4.59. The SMILES string of the molecule is Cc1nc(-c2ccsc2)nc2c1CNC2. The van der Waals surface area contributed by atoms with Crippen LogP contribution < -0.4 is 5.32 Å². The van der Waals surface area contributed by atoms with E-state index < -0.39 is 0 Å². The normalized spacial score (nSPS) is 14.2. The summed E-state index contributed by atoms with van der Waals surface area (Å²) < 4.78 is 0. The summed E-state index contributed by atoms with van der Waals surface area (Å²) in [6.07, 6.45) is 0. The van der Waals surface area contributed by atoms with Gasteiger partial charge in [-0.2, -0.15) is 11.3 Å². The summed E-state index contributed by atoms with van der Waals surface area (Å²) >= 11 is 1.68. The molecule has 0 aliphatic carbocycles. The third-order valence-corrected chi connectivity index (χ3v) is 3.36. The Balaban J connectivity index is 2.15. The molecule has 1 aliphatic rings. The number of aryl methyl sites for hydroxylation is 1. The van der Waals surface area contributed by atoms with Crippen LogP contribution in [0, 0.1) is 6.92 Å². The molecule has 1 aliphatic heterocycles. The minimum atomic E-state index is 0.858. The fraction of sp³-hybridized carbons (Fsp3) is 0.273. The summed E-state index contributed by atoms with van der Waals surface area (Å²) in [6.45, 7) is 3.84. The first-order valence-electron chi connectivity index (χ1n) is 4.94. The third kappa shape index (κ3) is 1.46. The zero-order valence-electron chi connectivity index (χ0n) is 8.45. The highest BCUT2D eigenvalue weighted by atomic mass is 32.1. The largest absolute Gasteiger partial charge is 0.307 e. The third-order valence-electron chi connectivity index (χ3n) is 2.67. The van der Waals surface area contributed by atoms with Gasteiger partial charge in [-0.05, 0) is 18.4 Å². The number of nitrogens with one attached hydrogen (secondary N) is 1. The lowest BCUT2D eigenvalue weighted by Gasteiger charge is -2.04. The lowest BCUT2D eigenvalue weighted by Crippen LogP contribution is -2.00. The molecule has 0 spiro atoms. The topological polar surface area (TPSA) is 37.8 Å². The molecule has 0 radical (unpaired) electrons. The first-order valence-corrected chi connectivity index (χ1v) is 5.88. The number of aromatic nitrogens is 2. The molecule has 4 heteroatoms. The minimum absolute atomic E-state index is 0.858. The van der Waals surface area contributed by atoms with Gasteiger partial charge in [0.25, 0.3) is 0 Å². The van der Waals surface area contributed by atoms with Crippen molar-refractivity contribution in [1.82, 2.24) is 15.3 Å². The molecule has 0 unspecified atom stereocenters.